The lowest BCUT2D eigenvalue weighted by Crippen LogP contribution is -2.30. The Hall–Kier alpha value is -0.820. The molecule has 1 unspecified atom stereocenters. The smallest absolute Gasteiger partial charge is 0.240 e. The molecule has 3 N–H and O–H groups in total. The minimum Gasteiger partial charge on any atom is -0.487 e. The molecule has 106 valence electrons. The molecule has 0 aliphatic carbocycles. The molecule has 1 heterocycles. The van der Waals surface area contributed by atoms with Gasteiger partial charge in [-0.05, 0) is 26.0 Å². The Balaban J connectivity index is 2.39. The van der Waals surface area contributed by atoms with E-state index in [0.717, 1.165) is 5.56 Å². The van der Waals surface area contributed by atoms with Crippen molar-refractivity contribution < 1.29 is 13.2 Å². The van der Waals surface area contributed by atoms with E-state index in [1.165, 1.54) is 6.07 Å². The van der Waals surface area contributed by atoms with Gasteiger partial charge in [0, 0.05) is 24.6 Å². The van der Waals surface area contributed by atoms with Crippen LogP contribution >= 0.6 is 11.6 Å². The highest BCUT2D eigenvalue weighted by Gasteiger charge is 2.27. The van der Waals surface area contributed by atoms with Gasteiger partial charge < -0.3 is 10.5 Å². The van der Waals surface area contributed by atoms with Gasteiger partial charge in [-0.1, -0.05) is 11.6 Å². The minimum absolute atomic E-state index is 0.136. The molecule has 0 saturated heterocycles. The van der Waals surface area contributed by atoms with Crippen molar-refractivity contribution in [1.29, 1.82) is 0 Å². The lowest BCUT2D eigenvalue weighted by Gasteiger charge is -2.11. The standard InChI is InChI=1S/C12H17ClN2O3S/c1-7(2)15-19(16,17)10-4-8-3-9(6-14)18-12(8)11(13)5-10/h4-5,7,9,15H,3,6,14H2,1-2H3. The van der Waals surface area contributed by atoms with Crippen molar-refractivity contribution in [1.82, 2.24) is 4.72 Å². The summed E-state index contributed by atoms with van der Waals surface area (Å²) >= 11 is 6.08. The van der Waals surface area contributed by atoms with Gasteiger partial charge >= 0.3 is 0 Å². The van der Waals surface area contributed by atoms with E-state index in [9.17, 15) is 8.42 Å². The number of fused-ring (bicyclic) bond motifs is 1. The van der Waals surface area contributed by atoms with Crippen molar-refractivity contribution in [3.05, 3.63) is 22.7 Å². The molecule has 1 aromatic carbocycles. The highest BCUT2D eigenvalue weighted by Crippen LogP contribution is 2.37. The molecule has 1 aliphatic heterocycles. The molecule has 0 radical (unpaired) electrons. The number of sulfonamides is 1. The van der Waals surface area contributed by atoms with Gasteiger partial charge in [-0.15, -0.1) is 0 Å². The topological polar surface area (TPSA) is 81.4 Å². The number of benzene rings is 1. The third-order valence-electron chi connectivity index (χ3n) is 2.79. The van der Waals surface area contributed by atoms with Crippen LogP contribution in [0.25, 0.3) is 0 Å². The Morgan fingerprint density at radius 2 is 2.21 bits per heavy atom. The lowest BCUT2D eigenvalue weighted by atomic mass is 10.1. The van der Waals surface area contributed by atoms with E-state index in [1.807, 2.05) is 0 Å². The highest BCUT2D eigenvalue weighted by molar-refractivity contribution is 7.89. The molecular weight excluding hydrogens is 288 g/mol. The number of nitrogens with two attached hydrogens (primary N) is 1. The highest BCUT2D eigenvalue weighted by atomic mass is 35.5. The first-order valence-electron chi connectivity index (χ1n) is 6.05. The Kier molecular flexibility index (Phi) is 4.06. The predicted molar refractivity (Wildman–Crippen MR) is 74.1 cm³/mol. The molecule has 0 spiro atoms. The number of nitrogens with one attached hydrogen (secondary N) is 1. The molecule has 19 heavy (non-hydrogen) atoms. The summed E-state index contributed by atoms with van der Waals surface area (Å²) in [5.74, 6) is 0.542. The minimum atomic E-state index is -3.55. The van der Waals surface area contributed by atoms with Crippen molar-refractivity contribution in [3.63, 3.8) is 0 Å². The lowest BCUT2D eigenvalue weighted by molar-refractivity contribution is 0.241. The van der Waals surface area contributed by atoms with E-state index in [4.69, 9.17) is 22.1 Å². The number of halogens is 1. The molecule has 5 nitrogen and oxygen atoms in total. The number of hydrogen-bond donors (Lipinski definition) is 2. The molecule has 1 aromatic rings. The second-order valence-electron chi connectivity index (χ2n) is 4.85. The van der Waals surface area contributed by atoms with Crippen LogP contribution in [0, 0.1) is 0 Å². The van der Waals surface area contributed by atoms with Crippen molar-refractivity contribution in [3.8, 4) is 5.75 Å². The molecular formula is C12H17ClN2O3S. The summed E-state index contributed by atoms with van der Waals surface area (Å²) in [4.78, 5) is 0.159. The Bertz CT molecular complexity index is 587. The fraction of sp³-hybridized carbons (Fsp3) is 0.500. The van der Waals surface area contributed by atoms with E-state index in [0.29, 0.717) is 23.7 Å². The normalized spacial score (nSPS) is 18.5. The SMILES string of the molecule is CC(C)NS(=O)(=O)c1cc(Cl)c2c(c1)CC(CN)O2. The second kappa shape index (κ2) is 5.28. The molecule has 0 saturated carbocycles. The number of ether oxygens (including phenoxy) is 1. The molecule has 7 heteroatoms. The van der Waals surface area contributed by atoms with Gasteiger partial charge in [-0.3, -0.25) is 0 Å². The molecule has 2 rings (SSSR count). The number of hydrogen-bond acceptors (Lipinski definition) is 4. The predicted octanol–water partition coefficient (Wildman–Crippen LogP) is 1.29. The first-order valence-corrected chi connectivity index (χ1v) is 7.91. The molecule has 0 bridgehead atoms. The monoisotopic (exact) mass is 304 g/mol. The van der Waals surface area contributed by atoms with Gasteiger partial charge in [-0.25, -0.2) is 13.1 Å². The molecule has 1 aliphatic rings. The fourth-order valence-electron chi connectivity index (χ4n) is 2.02. The van der Waals surface area contributed by atoms with Gasteiger partial charge in [-0.2, -0.15) is 0 Å². The first-order chi connectivity index (χ1) is 8.83. The van der Waals surface area contributed by atoms with Crippen LogP contribution in [0.1, 0.15) is 19.4 Å². The second-order valence-corrected chi connectivity index (χ2v) is 6.97. The maximum Gasteiger partial charge on any atom is 0.240 e. The zero-order valence-electron chi connectivity index (χ0n) is 10.8. The van der Waals surface area contributed by atoms with E-state index in [1.54, 1.807) is 19.9 Å². The van der Waals surface area contributed by atoms with Crippen LogP contribution in [0.5, 0.6) is 5.75 Å². The maximum atomic E-state index is 12.1. The zero-order valence-corrected chi connectivity index (χ0v) is 12.4. The van der Waals surface area contributed by atoms with E-state index in [2.05, 4.69) is 4.72 Å². The molecule has 0 aromatic heterocycles. The average Bonchev–Trinajstić information content (AvgIpc) is 2.70. The van der Waals surface area contributed by atoms with Crippen LogP contribution < -0.4 is 15.2 Å². The van der Waals surface area contributed by atoms with Crippen molar-refractivity contribution in [2.75, 3.05) is 6.54 Å². The largest absolute Gasteiger partial charge is 0.487 e. The fourth-order valence-corrected chi connectivity index (χ4v) is 3.70. The quantitative estimate of drug-likeness (QED) is 0.878. The average molecular weight is 305 g/mol. The Labute approximate surface area is 118 Å². The summed E-state index contributed by atoms with van der Waals surface area (Å²) in [7, 11) is -3.55. The summed E-state index contributed by atoms with van der Waals surface area (Å²) in [5.41, 5.74) is 6.34. The third-order valence-corrected chi connectivity index (χ3v) is 4.71. The summed E-state index contributed by atoms with van der Waals surface area (Å²) in [5, 5.41) is 0.303. The summed E-state index contributed by atoms with van der Waals surface area (Å²) in [6.45, 7) is 3.90. The van der Waals surface area contributed by atoms with Gasteiger partial charge in [0.15, 0.2) is 0 Å². The molecule has 0 amide bonds. The van der Waals surface area contributed by atoms with Crippen molar-refractivity contribution in [2.45, 2.75) is 37.3 Å². The van der Waals surface area contributed by atoms with Crippen LogP contribution in [-0.4, -0.2) is 27.1 Å². The van der Waals surface area contributed by atoms with Gasteiger partial charge in [0.2, 0.25) is 10.0 Å². The maximum absolute atomic E-state index is 12.1. The van der Waals surface area contributed by atoms with Gasteiger partial charge in [0.1, 0.15) is 11.9 Å². The van der Waals surface area contributed by atoms with Gasteiger partial charge in [0.25, 0.3) is 0 Å². The van der Waals surface area contributed by atoms with Crippen LogP contribution in [0.15, 0.2) is 17.0 Å². The van der Waals surface area contributed by atoms with E-state index < -0.39 is 10.0 Å². The van der Waals surface area contributed by atoms with Crippen molar-refractivity contribution >= 4 is 21.6 Å². The third kappa shape index (κ3) is 3.02. The number of rotatable bonds is 4. The van der Waals surface area contributed by atoms with Crippen LogP contribution in [-0.2, 0) is 16.4 Å². The molecule has 0 fully saturated rings. The van der Waals surface area contributed by atoms with Crippen LogP contribution in [0.2, 0.25) is 5.02 Å². The molecule has 1 atom stereocenters. The van der Waals surface area contributed by atoms with Gasteiger partial charge in [0.05, 0.1) is 9.92 Å². The summed E-state index contributed by atoms with van der Waals surface area (Å²) < 4.78 is 32.3. The van der Waals surface area contributed by atoms with Crippen molar-refractivity contribution in [2.24, 2.45) is 5.73 Å². The van der Waals surface area contributed by atoms with E-state index in [-0.39, 0.29) is 17.0 Å². The first kappa shape index (κ1) is 14.6. The summed E-state index contributed by atoms with van der Waals surface area (Å²) in [6, 6.07) is 2.83. The van der Waals surface area contributed by atoms with Crippen LogP contribution in [0.4, 0.5) is 0 Å². The summed E-state index contributed by atoms with van der Waals surface area (Å²) in [6.07, 6.45) is 0.444. The Morgan fingerprint density at radius 3 is 2.79 bits per heavy atom. The Morgan fingerprint density at radius 1 is 1.53 bits per heavy atom. The zero-order chi connectivity index (χ0) is 14.2. The van der Waals surface area contributed by atoms with Crippen LogP contribution in [0.3, 0.4) is 0 Å². The van der Waals surface area contributed by atoms with E-state index >= 15 is 0 Å².